The Morgan fingerprint density at radius 2 is 2.61 bits per heavy atom. The van der Waals surface area contributed by atoms with Crippen molar-refractivity contribution in [3.8, 4) is 0 Å². The molecular weight excluding hydrogens is 234 g/mol. The van der Waals surface area contributed by atoms with Crippen molar-refractivity contribution in [2.75, 3.05) is 38.7 Å². The maximum Gasteiger partial charge on any atom is 0.322 e. The zero-order chi connectivity index (χ0) is 12.8. The van der Waals surface area contributed by atoms with E-state index < -0.39 is 0 Å². The third-order valence-electron chi connectivity index (χ3n) is 2.69. The van der Waals surface area contributed by atoms with Crippen LogP contribution in [0.1, 0.15) is 0 Å². The number of aromatic nitrogens is 1. The molecule has 1 aromatic rings. The number of anilines is 1. The number of nitrogens with zero attached hydrogens (tertiary/aromatic N) is 2. The average molecular weight is 251 g/mol. The van der Waals surface area contributed by atoms with Gasteiger partial charge in [-0.2, -0.15) is 0 Å². The van der Waals surface area contributed by atoms with Gasteiger partial charge in [-0.25, -0.2) is 4.79 Å². The summed E-state index contributed by atoms with van der Waals surface area (Å²) >= 11 is 0. The summed E-state index contributed by atoms with van der Waals surface area (Å²) in [7, 11) is 1.62. The number of morpholine rings is 1. The van der Waals surface area contributed by atoms with Gasteiger partial charge in [0.25, 0.3) is 0 Å². The Labute approximate surface area is 106 Å². The highest BCUT2D eigenvalue weighted by molar-refractivity contribution is 5.89. The molecule has 1 aliphatic rings. The minimum atomic E-state index is -0.132. The standard InChI is InChI=1S/C12H17N3O3/c1-17-9-11-8-15(5-6-18-11)12(16)14-10-3-2-4-13-7-10/h2-4,7,11H,5-6,8-9H2,1H3,(H,14,16). The molecule has 6 nitrogen and oxygen atoms in total. The Morgan fingerprint density at radius 1 is 1.72 bits per heavy atom. The summed E-state index contributed by atoms with van der Waals surface area (Å²) in [4.78, 5) is 17.7. The van der Waals surface area contributed by atoms with Crippen molar-refractivity contribution in [1.29, 1.82) is 0 Å². The highest BCUT2D eigenvalue weighted by atomic mass is 16.5. The van der Waals surface area contributed by atoms with Gasteiger partial charge >= 0.3 is 6.03 Å². The van der Waals surface area contributed by atoms with E-state index in [0.717, 1.165) is 0 Å². The van der Waals surface area contributed by atoms with Crippen molar-refractivity contribution < 1.29 is 14.3 Å². The predicted molar refractivity (Wildman–Crippen MR) is 66.4 cm³/mol. The van der Waals surface area contributed by atoms with Crippen molar-refractivity contribution >= 4 is 11.7 Å². The lowest BCUT2D eigenvalue weighted by molar-refractivity contribution is -0.0481. The van der Waals surface area contributed by atoms with E-state index in [1.54, 1.807) is 36.5 Å². The van der Waals surface area contributed by atoms with Crippen molar-refractivity contribution in [3.63, 3.8) is 0 Å². The Morgan fingerprint density at radius 3 is 3.33 bits per heavy atom. The normalized spacial score (nSPS) is 19.6. The van der Waals surface area contributed by atoms with Crippen molar-refractivity contribution in [3.05, 3.63) is 24.5 Å². The van der Waals surface area contributed by atoms with Gasteiger partial charge in [0.2, 0.25) is 0 Å². The SMILES string of the molecule is COCC1CN(C(=O)Nc2cccnc2)CCO1. The Balaban J connectivity index is 1.88. The number of nitrogens with one attached hydrogen (secondary N) is 1. The van der Waals surface area contributed by atoms with Gasteiger partial charge in [-0.1, -0.05) is 0 Å². The lowest BCUT2D eigenvalue weighted by Crippen LogP contribution is -2.48. The summed E-state index contributed by atoms with van der Waals surface area (Å²) in [5.74, 6) is 0. The van der Waals surface area contributed by atoms with Crippen LogP contribution in [0.5, 0.6) is 0 Å². The lowest BCUT2D eigenvalue weighted by atomic mass is 10.3. The molecule has 0 aliphatic carbocycles. The third kappa shape index (κ3) is 3.41. The van der Waals surface area contributed by atoms with Crippen LogP contribution in [0.3, 0.4) is 0 Å². The summed E-state index contributed by atoms with van der Waals surface area (Å²) in [5.41, 5.74) is 0.692. The minimum Gasteiger partial charge on any atom is -0.382 e. The Hall–Kier alpha value is -1.66. The van der Waals surface area contributed by atoms with Crippen molar-refractivity contribution in [1.82, 2.24) is 9.88 Å². The van der Waals surface area contributed by atoms with E-state index in [1.165, 1.54) is 0 Å². The largest absolute Gasteiger partial charge is 0.382 e. The molecular formula is C12H17N3O3. The zero-order valence-corrected chi connectivity index (χ0v) is 10.3. The fourth-order valence-corrected chi connectivity index (χ4v) is 1.83. The quantitative estimate of drug-likeness (QED) is 0.869. The van der Waals surface area contributed by atoms with Crippen LogP contribution in [0.25, 0.3) is 0 Å². The second-order valence-corrected chi connectivity index (χ2v) is 4.07. The summed E-state index contributed by atoms with van der Waals surface area (Å²) in [5, 5.41) is 2.80. The summed E-state index contributed by atoms with van der Waals surface area (Å²) in [6.07, 6.45) is 3.23. The van der Waals surface area contributed by atoms with Crippen molar-refractivity contribution in [2.45, 2.75) is 6.10 Å². The van der Waals surface area contributed by atoms with E-state index in [-0.39, 0.29) is 12.1 Å². The first-order chi connectivity index (χ1) is 8.79. The van der Waals surface area contributed by atoms with Crippen LogP contribution in [0.15, 0.2) is 24.5 Å². The van der Waals surface area contributed by atoms with E-state index in [1.807, 2.05) is 0 Å². The number of hydrogen-bond donors (Lipinski definition) is 1. The molecule has 6 heteroatoms. The molecule has 2 heterocycles. The molecule has 1 unspecified atom stereocenters. The molecule has 1 saturated heterocycles. The second kappa shape index (κ2) is 6.32. The molecule has 0 spiro atoms. The molecule has 18 heavy (non-hydrogen) atoms. The third-order valence-corrected chi connectivity index (χ3v) is 2.69. The van der Waals surface area contributed by atoms with Gasteiger partial charge in [0.15, 0.2) is 0 Å². The van der Waals surface area contributed by atoms with Crippen LogP contribution in [0.4, 0.5) is 10.5 Å². The molecule has 0 saturated carbocycles. The van der Waals surface area contributed by atoms with E-state index >= 15 is 0 Å². The average Bonchev–Trinajstić information content (AvgIpc) is 2.40. The van der Waals surface area contributed by atoms with Gasteiger partial charge in [0.05, 0.1) is 37.7 Å². The number of ether oxygens (including phenoxy) is 2. The fourth-order valence-electron chi connectivity index (χ4n) is 1.83. The predicted octanol–water partition coefficient (Wildman–Crippen LogP) is 0.961. The molecule has 1 aliphatic heterocycles. The molecule has 0 aromatic carbocycles. The maximum absolute atomic E-state index is 12.0. The van der Waals surface area contributed by atoms with Crippen LogP contribution in [0, 0.1) is 0 Å². The van der Waals surface area contributed by atoms with Gasteiger partial charge < -0.3 is 19.7 Å². The number of carbonyl (C=O) groups is 1. The summed E-state index contributed by atoms with van der Waals surface area (Å²) in [6.45, 7) is 2.16. The van der Waals surface area contributed by atoms with Crippen molar-refractivity contribution in [2.24, 2.45) is 0 Å². The van der Waals surface area contributed by atoms with Crippen LogP contribution in [-0.2, 0) is 9.47 Å². The Kier molecular flexibility index (Phi) is 4.49. The monoisotopic (exact) mass is 251 g/mol. The summed E-state index contributed by atoms with van der Waals surface area (Å²) < 4.78 is 10.5. The first kappa shape index (κ1) is 12.8. The molecule has 2 rings (SSSR count). The van der Waals surface area contributed by atoms with E-state index in [2.05, 4.69) is 10.3 Å². The molecule has 1 atom stereocenters. The lowest BCUT2D eigenvalue weighted by Gasteiger charge is -2.32. The van der Waals surface area contributed by atoms with Crippen LogP contribution < -0.4 is 5.32 Å². The summed E-state index contributed by atoms with van der Waals surface area (Å²) in [6, 6.07) is 3.45. The first-order valence-electron chi connectivity index (χ1n) is 5.86. The number of carbonyl (C=O) groups excluding carboxylic acids is 1. The van der Waals surface area contributed by atoms with Gasteiger partial charge in [0, 0.05) is 19.9 Å². The number of rotatable bonds is 3. The van der Waals surface area contributed by atoms with Gasteiger partial charge in [-0.15, -0.1) is 0 Å². The highest BCUT2D eigenvalue weighted by Gasteiger charge is 2.24. The smallest absolute Gasteiger partial charge is 0.322 e. The minimum absolute atomic E-state index is 0.0524. The molecule has 98 valence electrons. The van der Waals surface area contributed by atoms with E-state index in [0.29, 0.717) is 32.0 Å². The highest BCUT2D eigenvalue weighted by Crippen LogP contribution is 2.09. The number of pyridine rings is 1. The molecule has 0 bridgehead atoms. The number of hydrogen-bond acceptors (Lipinski definition) is 4. The zero-order valence-electron chi connectivity index (χ0n) is 10.3. The van der Waals surface area contributed by atoms with E-state index in [4.69, 9.17) is 9.47 Å². The number of urea groups is 1. The molecule has 1 aromatic heterocycles. The topological polar surface area (TPSA) is 63.7 Å². The van der Waals surface area contributed by atoms with E-state index in [9.17, 15) is 4.79 Å². The van der Waals surface area contributed by atoms with Gasteiger partial charge in [0.1, 0.15) is 0 Å². The van der Waals surface area contributed by atoms with Crippen LogP contribution >= 0.6 is 0 Å². The van der Waals surface area contributed by atoms with Gasteiger partial charge in [-0.3, -0.25) is 4.98 Å². The molecule has 2 amide bonds. The molecule has 1 N–H and O–H groups in total. The number of amides is 2. The fraction of sp³-hybridized carbons (Fsp3) is 0.500. The van der Waals surface area contributed by atoms with Gasteiger partial charge in [-0.05, 0) is 12.1 Å². The molecule has 1 fully saturated rings. The number of methoxy groups -OCH3 is 1. The molecule has 0 radical (unpaired) electrons. The first-order valence-corrected chi connectivity index (χ1v) is 5.86. The van der Waals surface area contributed by atoms with Crippen LogP contribution in [0.2, 0.25) is 0 Å². The Bertz CT molecular complexity index is 383. The second-order valence-electron chi connectivity index (χ2n) is 4.07. The van der Waals surface area contributed by atoms with Crippen LogP contribution in [-0.4, -0.2) is 55.4 Å². The maximum atomic E-state index is 12.0.